The van der Waals surface area contributed by atoms with Gasteiger partial charge >= 0.3 is 5.97 Å². The summed E-state index contributed by atoms with van der Waals surface area (Å²) in [6, 6.07) is 1.86. The summed E-state index contributed by atoms with van der Waals surface area (Å²) >= 11 is 0. The fraction of sp³-hybridized carbons (Fsp3) is 0.583. The van der Waals surface area contributed by atoms with Crippen molar-refractivity contribution in [2.24, 2.45) is 18.2 Å². The number of hydrogen-bond donors (Lipinski definition) is 1. The fourth-order valence-corrected chi connectivity index (χ4v) is 1.66. The first-order valence-electron chi connectivity index (χ1n) is 5.33. The maximum atomic E-state index is 11.4. The number of nitrogens with zero attached hydrogens (tertiary/aromatic N) is 1. The molecule has 2 N–H and O–H groups in total. The molecule has 0 aromatic carbocycles. The van der Waals surface area contributed by atoms with Crippen LogP contribution >= 0.6 is 0 Å². The summed E-state index contributed by atoms with van der Waals surface area (Å²) in [7, 11) is 3.23. The Bertz CT molecular complexity index is 380. The molecule has 0 fully saturated rings. The van der Waals surface area contributed by atoms with Crippen LogP contribution in [0.3, 0.4) is 0 Å². The second kappa shape index (κ2) is 4.70. The molecule has 1 heterocycles. The molecule has 0 unspecified atom stereocenters. The van der Waals surface area contributed by atoms with Gasteiger partial charge in [-0.15, -0.1) is 0 Å². The number of nitrogens with two attached hydrogens (primary N) is 1. The van der Waals surface area contributed by atoms with Crippen LogP contribution in [0.1, 0.15) is 29.9 Å². The van der Waals surface area contributed by atoms with Crippen LogP contribution in [-0.2, 0) is 18.2 Å². The first-order valence-corrected chi connectivity index (χ1v) is 5.33. The van der Waals surface area contributed by atoms with Crippen molar-refractivity contribution >= 4 is 5.97 Å². The summed E-state index contributed by atoms with van der Waals surface area (Å²) in [5.41, 5.74) is 7.42. The molecule has 4 nitrogen and oxygen atoms in total. The predicted molar refractivity (Wildman–Crippen MR) is 63.3 cm³/mol. The Morgan fingerprint density at radius 3 is 2.69 bits per heavy atom. The van der Waals surface area contributed by atoms with E-state index in [2.05, 4.69) is 13.8 Å². The van der Waals surface area contributed by atoms with Crippen LogP contribution in [0.5, 0.6) is 0 Å². The molecular formula is C12H20N2O2. The average Bonchev–Trinajstić information content (AvgIpc) is 2.57. The van der Waals surface area contributed by atoms with Crippen molar-refractivity contribution in [3.63, 3.8) is 0 Å². The molecule has 16 heavy (non-hydrogen) atoms. The average molecular weight is 224 g/mol. The number of carbonyl (C=O) groups is 1. The Morgan fingerprint density at radius 2 is 2.19 bits per heavy atom. The number of methoxy groups -OCH3 is 1. The highest BCUT2D eigenvalue weighted by Gasteiger charge is 2.19. The van der Waals surface area contributed by atoms with Crippen LogP contribution in [-0.4, -0.2) is 24.2 Å². The molecule has 0 atom stereocenters. The van der Waals surface area contributed by atoms with Crippen molar-refractivity contribution in [2.75, 3.05) is 13.7 Å². The lowest BCUT2D eigenvalue weighted by atomic mass is 9.87. The Labute approximate surface area is 96.4 Å². The van der Waals surface area contributed by atoms with Gasteiger partial charge in [0.15, 0.2) is 0 Å². The minimum atomic E-state index is -0.306. The summed E-state index contributed by atoms with van der Waals surface area (Å²) in [6.07, 6.45) is 2.80. The molecule has 1 aromatic heterocycles. The van der Waals surface area contributed by atoms with E-state index in [-0.39, 0.29) is 11.4 Å². The normalized spacial score (nSPS) is 11.6. The Kier molecular flexibility index (Phi) is 3.75. The van der Waals surface area contributed by atoms with E-state index >= 15 is 0 Å². The maximum absolute atomic E-state index is 11.4. The van der Waals surface area contributed by atoms with Crippen molar-refractivity contribution in [3.8, 4) is 0 Å². The van der Waals surface area contributed by atoms with Gasteiger partial charge in [-0.05, 0) is 30.0 Å². The Hall–Kier alpha value is -1.29. The van der Waals surface area contributed by atoms with Crippen LogP contribution in [0.4, 0.5) is 0 Å². The summed E-state index contributed by atoms with van der Waals surface area (Å²) in [5, 5.41) is 0. The van der Waals surface area contributed by atoms with Crippen LogP contribution < -0.4 is 5.73 Å². The van der Waals surface area contributed by atoms with Gasteiger partial charge in [-0.3, -0.25) is 0 Å². The minimum Gasteiger partial charge on any atom is -0.464 e. The van der Waals surface area contributed by atoms with Gasteiger partial charge in [0.25, 0.3) is 0 Å². The second-order valence-corrected chi connectivity index (χ2v) is 4.88. The van der Waals surface area contributed by atoms with Crippen LogP contribution in [0.25, 0.3) is 0 Å². The highest BCUT2D eigenvalue weighted by atomic mass is 16.5. The smallest absolute Gasteiger partial charge is 0.354 e. The van der Waals surface area contributed by atoms with Gasteiger partial charge in [-0.25, -0.2) is 4.79 Å². The van der Waals surface area contributed by atoms with Crippen LogP contribution in [0.15, 0.2) is 12.3 Å². The topological polar surface area (TPSA) is 57.2 Å². The molecule has 0 spiro atoms. The maximum Gasteiger partial charge on any atom is 0.354 e. The zero-order valence-corrected chi connectivity index (χ0v) is 10.4. The van der Waals surface area contributed by atoms with Crippen molar-refractivity contribution in [3.05, 3.63) is 23.5 Å². The summed E-state index contributed by atoms with van der Waals surface area (Å²) in [5.74, 6) is -0.306. The first-order chi connectivity index (χ1) is 7.39. The highest BCUT2D eigenvalue weighted by Crippen LogP contribution is 2.21. The third kappa shape index (κ3) is 2.85. The fourth-order valence-electron chi connectivity index (χ4n) is 1.66. The van der Waals surface area contributed by atoms with Gasteiger partial charge in [0, 0.05) is 13.2 Å². The number of ether oxygens (including phenoxy) is 1. The molecule has 90 valence electrons. The molecule has 0 radical (unpaired) electrons. The molecule has 0 saturated carbocycles. The van der Waals surface area contributed by atoms with Gasteiger partial charge in [-0.1, -0.05) is 13.8 Å². The largest absolute Gasteiger partial charge is 0.464 e. The number of rotatable bonds is 4. The minimum absolute atomic E-state index is 0.0503. The molecule has 1 aromatic rings. The lowest BCUT2D eigenvalue weighted by Gasteiger charge is -2.21. The molecule has 0 amide bonds. The van der Waals surface area contributed by atoms with Crippen molar-refractivity contribution < 1.29 is 9.53 Å². The zero-order chi connectivity index (χ0) is 12.3. The number of aryl methyl sites for hydroxylation is 1. The van der Waals surface area contributed by atoms with E-state index in [0.717, 1.165) is 12.0 Å². The van der Waals surface area contributed by atoms with Crippen molar-refractivity contribution in [1.29, 1.82) is 0 Å². The van der Waals surface area contributed by atoms with E-state index in [1.54, 1.807) is 4.57 Å². The number of esters is 1. The zero-order valence-electron chi connectivity index (χ0n) is 10.4. The molecule has 4 heteroatoms. The monoisotopic (exact) mass is 224 g/mol. The lowest BCUT2D eigenvalue weighted by Crippen LogP contribution is -2.25. The van der Waals surface area contributed by atoms with E-state index in [1.807, 2.05) is 19.3 Å². The molecule has 1 rings (SSSR count). The van der Waals surface area contributed by atoms with Crippen molar-refractivity contribution in [2.45, 2.75) is 20.3 Å². The van der Waals surface area contributed by atoms with E-state index < -0.39 is 0 Å². The van der Waals surface area contributed by atoms with Gasteiger partial charge in [0.1, 0.15) is 5.69 Å². The Balaban J connectivity index is 2.89. The first kappa shape index (κ1) is 12.8. The van der Waals surface area contributed by atoms with Gasteiger partial charge in [0.05, 0.1) is 7.11 Å². The van der Waals surface area contributed by atoms with Gasteiger partial charge < -0.3 is 15.0 Å². The molecule has 0 saturated heterocycles. The van der Waals surface area contributed by atoms with Gasteiger partial charge in [-0.2, -0.15) is 0 Å². The molecule has 0 aliphatic rings. The lowest BCUT2D eigenvalue weighted by molar-refractivity contribution is 0.0590. The number of hydrogen-bond acceptors (Lipinski definition) is 3. The molecule has 0 bridgehead atoms. The van der Waals surface area contributed by atoms with Crippen LogP contribution in [0.2, 0.25) is 0 Å². The van der Waals surface area contributed by atoms with E-state index in [0.29, 0.717) is 12.2 Å². The second-order valence-electron chi connectivity index (χ2n) is 4.88. The molecule has 0 aliphatic carbocycles. The SMILES string of the molecule is COC(=O)c1cc(CC(C)(C)CN)cn1C. The predicted octanol–water partition coefficient (Wildman–Crippen LogP) is 1.34. The summed E-state index contributed by atoms with van der Waals surface area (Å²) < 4.78 is 6.49. The summed E-state index contributed by atoms with van der Waals surface area (Å²) in [4.78, 5) is 11.4. The highest BCUT2D eigenvalue weighted by molar-refractivity contribution is 5.87. The van der Waals surface area contributed by atoms with Gasteiger partial charge in [0.2, 0.25) is 0 Å². The third-order valence-electron chi connectivity index (χ3n) is 2.69. The number of carbonyl (C=O) groups excluding carboxylic acids is 1. The van der Waals surface area contributed by atoms with E-state index in [1.165, 1.54) is 7.11 Å². The third-order valence-corrected chi connectivity index (χ3v) is 2.69. The molecule has 0 aliphatic heterocycles. The van der Waals surface area contributed by atoms with Crippen molar-refractivity contribution in [1.82, 2.24) is 4.57 Å². The standard InChI is InChI=1S/C12H20N2O2/c1-12(2,8-13)6-9-5-10(11(15)16-4)14(3)7-9/h5,7H,6,8,13H2,1-4H3. The van der Waals surface area contributed by atoms with E-state index in [4.69, 9.17) is 10.5 Å². The summed E-state index contributed by atoms with van der Waals surface area (Å²) in [6.45, 7) is 4.84. The quantitative estimate of drug-likeness (QED) is 0.785. The Morgan fingerprint density at radius 1 is 1.56 bits per heavy atom. The van der Waals surface area contributed by atoms with Crippen LogP contribution in [0, 0.1) is 5.41 Å². The van der Waals surface area contributed by atoms with E-state index in [9.17, 15) is 4.79 Å². The molecular weight excluding hydrogens is 204 g/mol. The number of aromatic nitrogens is 1.